The van der Waals surface area contributed by atoms with Gasteiger partial charge in [0.15, 0.2) is 0 Å². The highest BCUT2D eigenvalue weighted by molar-refractivity contribution is 5.93. The van der Waals surface area contributed by atoms with Gasteiger partial charge in [0.25, 0.3) is 5.56 Å². The van der Waals surface area contributed by atoms with Crippen LogP contribution in [0.25, 0.3) is 28.0 Å². The summed E-state index contributed by atoms with van der Waals surface area (Å²) in [6.45, 7) is 1.85. The number of oxazole rings is 1. The number of aromatic nitrogens is 3. The molecule has 0 amide bonds. The summed E-state index contributed by atoms with van der Waals surface area (Å²) in [6.07, 6.45) is 0. The highest BCUT2D eigenvalue weighted by atomic mass is 16.5. The predicted molar refractivity (Wildman–Crippen MR) is 131 cm³/mol. The number of hydrogen-bond acceptors (Lipinski definition) is 6. The van der Waals surface area contributed by atoms with Gasteiger partial charge in [0.1, 0.15) is 11.5 Å². The van der Waals surface area contributed by atoms with Crippen LogP contribution in [-0.2, 0) is 11.3 Å². The molecule has 174 valence electrons. The molecule has 0 aliphatic carbocycles. The Balaban J connectivity index is 1.73. The zero-order valence-electron chi connectivity index (χ0n) is 19.1. The lowest BCUT2D eigenvalue weighted by molar-refractivity contribution is 0.0600. The molecule has 5 aromatic rings. The average molecular weight is 467 g/mol. The van der Waals surface area contributed by atoms with Gasteiger partial charge in [-0.1, -0.05) is 42.5 Å². The number of carbonyl (C=O) groups excluding carboxylic acids is 1. The minimum atomic E-state index is -0.647. The molecule has 0 bridgehead atoms. The lowest BCUT2D eigenvalue weighted by Crippen LogP contribution is -2.40. The van der Waals surface area contributed by atoms with Crippen LogP contribution >= 0.6 is 0 Å². The number of esters is 1. The van der Waals surface area contributed by atoms with Gasteiger partial charge in [-0.25, -0.2) is 19.1 Å². The molecule has 5 rings (SSSR count). The Morgan fingerprint density at radius 3 is 2.40 bits per heavy atom. The van der Waals surface area contributed by atoms with Crippen LogP contribution in [-0.4, -0.2) is 27.2 Å². The van der Waals surface area contributed by atoms with E-state index in [-0.39, 0.29) is 17.8 Å². The first kappa shape index (κ1) is 22.1. The van der Waals surface area contributed by atoms with Crippen molar-refractivity contribution in [3.63, 3.8) is 0 Å². The van der Waals surface area contributed by atoms with E-state index in [2.05, 4.69) is 4.98 Å². The fourth-order valence-electron chi connectivity index (χ4n) is 4.07. The van der Waals surface area contributed by atoms with Crippen LogP contribution in [0, 0.1) is 6.92 Å². The maximum absolute atomic E-state index is 13.8. The molecule has 0 unspecified atom stereocenters. The molecule has 0 saturated heterocycles. The van der Waals surface area contributed by atoms with Crippen molar-refractivity contribution < 1.29 is 13.9 Å². The fraction of sp³-hybridized carbons (Fsp3) is 0.111. The Morgan fingerprint density at radius 1 is 0.943 bits per heavy atom. The van der Waals surface area contributed by atoms with Crippen molar-refractivity contribution in [2.24, 2.45) is 0 Å². The lowest BCUT2D eigenvalue weighted by Gasteiger charge is -2.15. The second-order valence-electron chi connectivity index (χ2n) is 7.92. The summed E-state index contributed by atoms with van der Waals surface area (Å²) >= 11 is 0. The van der Waals surface area contributed by atoms with Gasteiger partial charge in [0.05, 0.1) is 35.8 Å². The molecule has 0 aliphatic rings. The van der Waals surface area contributed by atoms with Gasteiger partial charge in [0, 0.05) is 5.56 Å². The van der Waals surface area contributed by atoms with E-state index >= 15 is 0 Å². The van der Waals surface area contributed by atoms with E-state index in [0.29, 0.717) is 28.2 Å². The van der Waals surface area contributed by atoms with Gasteiger partial charge in [-0.05, 0) is 43.3 Å². The standard InChI is InChI=1S/C27H21N3O5/c1-17-21(28-24(35-17)18-10-4-3-5-11-18)16-29-22-14-8-6-12-19(22)25(31)30(27(29)33)23-15-9-7-13-20(23)26(32)34-2/h3-15H,16H2,1-2H3. The molecule has 8 heteroatoms. The molecule has 35 heavy (non-hydrogen) atoms. The number of para-hydroxylation sites is 2. The maximum Gasteiger partial charge on any atom is 0.339 e. The van der Waals surface area contributed by atoms with Crippen LogP contribution < -0.4 is 11.2 Å². The van der Waals surface area contributed by atoms with Crippen LogP contribution in [0.4, 0.5) is 0 Å². The maximum atomic E-state index is 13.8. The zero-order chi connectivity index (χ0) is 24.5. The third-order valence-corrected chi connectivity index (χ3v) is 5.82. The Labute approximate surface area is 199 Å². The summed E-state index contributed by atoms with van der Waals surface area (Å²) in [5, 5.41) is 0.330. The number of ether oxygens (including phenoxy) is 1. The molecular formula is C27H21N3O5. The molecular weight excluding hydrogens is 446 g/mol. The molecule has 0 N–H and O–H groups in total. The molecule has 2 aromatic heterocycles. The molecule has 0 saturated carbocycles. The number of rotatable bonds is 5. The van der Waals surface area contributed by atoms with E-state index in [1.54, 1.807) is 49.4 Å². The van der Waals surface area contributed by atoms with E-state index in [1.165, 1.54) is 17.7 Å². The summed E-state index contributed by atoms with van der Waals surface area (Å²) < 4.78 is 13.2. The van der Waals surface area contributed by atoms with E-state index < -0.39 is 17.2 Å². The minimum absolute atomic E-state index is 0.0716. The summed E-state index contributed by atoms with van der Waals surface area (Å²) in [7, 11) is 1.25. The molecule has 2 heterocycles. The van der Waals surface area contributed by atoms with E-state index in [9.17, 15) is 14.4 Å². The second kappa shape index (κ2) is 8.90. The smallest absolute Gasteiger partial charge is 0.339 e. The Kier molecular flexibility index (Phi) is 5.62. The van der Waals surface area contributed by atoms with Crippen LogP contribution in [0.3, 0.4) is 0 Å². The van der Waals surface area contributed by atoms with Crippen molar-refractivity contribution in [2.45, 2.75) is 13.5 Å². The number of aryl methyl sites for hydroxylation is 1. The Hall–Kier alpha value is -4.72. The Morgan fingerprint density at radius 2 is 1.63 bits per heavy atom. The van der Waals surface area contributed by atoms with E-state index in [1.807, 2.05) is 30.3 Å². The van der Waals surface area contributed by atoms with Crippen LogP contribution in [0.15, 0.2) is 92.9 Å². The predicted octanol–water partition coefficient (Wildman–Crippen LogP) is 3.95. The van der Waals surface area contributed by atoms with Crippen molar-refractivity contribution in [3.8, 4) is 17.1 Å². The third kappa shape index (κ3) is 3.85. The number of fused-ring (bicyclic) bond motifs is 1. The van der Waals surface area contributed by atoms with Gasteiger partial charge in [0.2, 0.25) is 5.89 Å². The molecule has 0 atom stereocenters. The first-order chi connectivity index (χ1) is 17.0. The lowest BCUT2D eigenvalue weighted by atomic mass is 10.1. The summed E-state index contributed by atoms with van der Waals surface area (Å²) in [5.74, 6) is 0.360. The molecule has 0 aliphatic heterocycles. The van der Waals surface area contributed by atoms with Crippen molar-refractivity contribution in [3.05, 3.63) is 117 Å². The quantitative estimate of drug-likeness (QED) is 0.363. The SMILES string of the molecule is COC(=O)c1ccccc1-n1c(=O)c2ccccc2n(Cc2nc(-c3ccccc3)oc2C)c1=O. The monoisotopic (exact) mass is 467 g/mol. The second-order valence-corrected chi connectivity index (χ2v) is 7.92. The number of benzene rings is 3. The molecule has 0 radical (unpaired) electrons. The van der Waals surface area contributed by atoms with Crippen molar-refractivity contribution in [2.75, 3.05) is 7.11 Å². The number of hydrogen-bond donors (Lipinski definition) is 0. The van der Waals surface area contributed by atoms with E-state index in [4.69, 9.17) is 9.15 Å². The largest absolute Gasteiger partial charge is 0.465 e. The number of nitrogens with zero attached hydrogens (tertiary/aromatic N) is 3. The minimum Gasteiger partial charge on any atom is -0.465 e. The Bertz CT molecular complexity index is 1680. The van der Waals surface area contributed by atoms with Crippen molar-refractivity contribution in [1.82, 2.24) is 14.1 Å². The molecule has 8 nitrogen and oxygen atoms in total. The summed E-state index contributed by atoms with van der Waals surface area (Å²) in [5.41, 5.74) is 0.959. The summed E-state index contributed by atoms with van der Waals surface area (Å²) in [6, 6.07) is 22.7. The topological polar surface area (TPSA) is 96.3 Å². The van der Waals surface area contributed by atoms with Crippen LogP contribution in [0.5, 0.6) is 0 Å². The highest BCUT2D eigenvalue weighted by Crippen LogP contribution is 2.23. The zero-order valence-corrected chi connectivity index (χ0v) is 19.1. The first-order valence-corrected chi connectivity index (χ1v) is 10.9. The normalized spacial score (nSPS) is 11.0. The van der Waals surface area contributed by atoms with Gasteiger partial charge in [-0.3, -0.25) is 9.36 Å². The molecule has 3 aromatic carbocycles. The fourth-order valence-corrected chi connectivity index (χ4v) is 4.07. The number of carbonyl (C=O) groups is 1. The van der Waals surface area contributed by atoms with Crippen molar-refractivity contribution in [1.29, 1.82) is 0 Å². The number of methoxy groups -OCH3 is 1. The van der Waals surface area contributed by atoms with Gasteiger partial charge in [-0.2, -0.15) is 0 Å². The molecule has 0 fully saturated rings. The van der Waals surface area contributed by atoms with Crippen molar-refractivity contribution >= 4 is 16.9 Å². The van der Waals surface area contributed by atoms with Crippen LogP contribution in [0.2, 0.25) is 0 Å². The highest BCUT2D eigenvalue weighted by Gasteiger charge is 2.21. The summed E-state index contributed by atoms with van der Waals surface area (Å²) in [4.78, 5) is 44.2. The van der Waals surface area contributed by atoms with Crippen LogP contribution in [0.1, 0.15) is 21.8 Å². The third-order valence-electron chi connectivity index (χ3n) is 5.82. The molecule has 0 spiro atoms. The van der Waals surface area contributed by atoms with Gasteiger partial charge < -0.3 is 9.15 Å². The van der Waals surface area contributed by atoms with E-state index in [0.717, 1.165) is 10.1 Å². The van der Waals surface area contributed by atoms with Gasteiger partial charge in [-0.15, -0.1) is 0 Å². The van der Waals surface area contributed by atoms with Gasteiger partial charge >= 0.3 is 11.7 Å². The average Bonchev–Trinajstić information content (AvgIpc) is 3.27. The first-order valence-electron chi connectivity index (χ1n) is 10.9.